The highest BCUT2D eigenvalue weighted by Crippen LogP contribution is 2.17. The highest BCUT2D eigenvalue weighted by molar-refractivity contribution is 7.11. The first-order chi connectivity index (χ1) is 11.8. The van der Waals surface area contributed by atoms with Crippen LogP contribution in [0.3, 0.4) is 0 Å². The van der Waals surface area contributed by atoms with Crippen LogP contribution in [0.5, 0.6) is 0 Å². The van der Waals surface area contributed by atoms with E-state index in [9.17, 15) is 0 Å². The van der Waals surface area contributed by atoms with Gasteiger partial charge in [-0.3, -0.25) is 4.99 Å². The molecule has 136 valence electrons. The lowest BCUT2D eigenvalue weighted by atomic mass is 10.1. The Kier molecular flexibility index (Phi) is 8.49. The van der Waals surface area contributed by atoms with Gasteiger partial charge in [-0.15, -0.1) is 11.3 Å². The minimum atomic E-state index is 0.575. The van der Waals surface area contributed by atoms with Crippen molar-refractivity contribution in [2.75, 3.05) is 53.6 Å². The van der Waals surface area contributed by atoms with Gasteiger partial charge in [-0.2, -0.15) is 0 Å². The second-order valence-electron chi connectivity index (χ2n) is 5.97. The van der Waals surface area contributed by atoms with Gasteiger partial charge in [0.2, 0.25) is 0 Å². The fraction of sp³-hybridized carbons (Fsp3) is 0.765. The number of aromatic nitrogens is 1. The van der Waals surface area contributed by atoms with Crippen LogP contribution in [0.15, 0.2) is 11.2 Å². The number of likely N-dealkylation sites (tertiary alicyclic amines) is 1. The molecule has 1 aliphatic rings. The summed E-state index contributed by atoms with van der Waals surface area (Å²) in [6.45, 7) is 7.22. The van der Waals surface area contributed by atoms with Gasteiger partial charge in [0.05, 0.1) is 24.8 Å². The second kappa shape index (κ2) is 10.6. The summed E-state index contributed by atoms with van der Waals surface area (Å²) in [5.74, 6) is 1.56. The highest BCUT2D eigenvalue weighted by atomic mass is 32.1. The molecule has 0 saturated carbocycles. The van der Waals surface area contributed by atoms with Crippen molar-refractivity contribution in [2.24, 2.45) is 10.9 Å². The van der Waals surface area contributed by atoms with Crippen molar-refractivity contribution in [3.63, 3.8) is 0 Å². The molecule has 0 spiro atoms. The third-order valence-corrected chi connectivity index (χ3v) is 5.36. The van der Waals surface area contributed by atoms with Crippen molar-refractivity contribution in [2.45, 2.75) is 26.2 Å². The maximum absolute atomic E-state index is 5.65. The molecule has 0 amide bonds. The zero-order chi connectivity index (χ0) is 17.2. The predicted molar refractivity (Wildman–Crippen MR) is 98.9 cm³/mol. The summed E-state index contributed by atoms with van der Waals surface area (Å²) < 4.78 is 10.7. The van der Waals surface area contributed by atoms with Gasteiger partial charge in [-0.05, 0) is 12.8 Å². The highest BCUT2D eigenvalue weighted by Gasteiger charge is 2.24. The fourth-order valence-electron chi connectivity index (χ4n) is 2.79. The number of nitrogens with zero attached hydrogens (tertiary/aromatic N) is 3. The van der Waals surface area contributed by atoms with E-state index in [-0.39, 0.29) is 0 Å². The van der Waals surface area contributed by atoms with Gasteiger partial charge >= 0.3 is 0 Å². The van der Waals surface area contributed by atoms with E-state index in [4.69, 9.17) is 9.47 Å². The molecule has 1 aliphatic heterocycles. The molecule has 1 atom stereocenters. The summed E-state index contributed by atoms with van der Waals surface area (Å²) >= 11 is 1.81. The van der Waals surface area contributed by atoms with Crippen LogP contribution in [0.4, 0.5) is 0 Å². The number of thiazole rings is 1. The number of guanidine groups is 1. The van der Waals surface area contributed by atoms with Crippen LogP contribution in [0.25, 0.3) is 0 Å². The Bertz CT molecular complexity index is 507. The number of hydrogen-bond donors (Lipinski definition) is 1. The average molecular weight is 355 g/mol. The maximum Gasteiger partial charge on any atom is 0.193 e. The smallest absolute Gasteiger partial charge is 0.193 e. The van der Waals surface area contributed by atoms with E-state index in [0.29, 0.717) is 19.1 Å². The summed E-state index contributed by atoms with van der Waals surface area (Å²) in [7, 11) is 3.55. The Balaban J connectivity index is 1.68. The third-order valence-electron chi connectivity index (χ3n) is 4.15. The minimum absolute atomic E-state index is 0.575. The maximum atomic E-state index is 5.65. The SMILES string of the molecule is CCc1cnc(CCNC(=NC)N2CCC(COCCOC)C2)s1. The molecule has 0 aromatic carbocycles. The number of hydrogen-bond acceptors (Lipinski definition) is 5. The average Bonchev–Trinajstić information content (AvgIpc) is 3.25. The van der Waals surface area contributed by atoms with Crippen LogP contribution < -0.4 is 5.32 Å². The molecule has 0 bridgehead atoms. The molecule has 1 aromatic rings. The van der Waals surface area contributed by atoms with E-state index in [1.807, 2.05) is 13.2 Å². The van der Waals surface area contributed by atoms with Gasteiger partial charge in [-0.25, -0.2) is 4.98 Å². The number of aliphatic imine (C=N–C) groups is 1. The van der Waals surface area contributed by atoms with Crippen LogP contribution >= 0.6 is 11.3 Å². The zero-order valence-electron chi connectivity index (χ0n) is 15.1. The summed E-state index contributed by atoms with van der Waals surface area (Å²) in [4.78, 5) is 12.6. The molecule has 6 nitrogen and oxygen atoms in total. The van der Waals surface area contributed by atoms with Crippen molar-refractivity contribution >= 4 is 17.3 Å². The van der Waals surface area contributed by atoms with Crippen molar-refractivity contribution in [1.82, 2.24) is 15.2 Å². The van der Waals surface area contributed by atoms with Crippen LogP contribution in [0.1, 0.15) is 23.2 Å². The second-order valence-corrected chi connectivity index (χ2v) is 7.17. The van der Waals surface area contributed by atoms with E-state index >= 15 is 0 Å². The molecule has 0 radical (unpaired) electrons. The van der Waals surface area contributed by atoms with Gasteiger partial charge in [0.15, 0.2) is 5.96 Å². The Labute approximate surface area is 149 Å². The quantitative estimate of drug-likeness (QED) is 0.416. The molecular formula is C17H30N4O2S. The molecule has 1 fully saturated rings. The number of ether oxygens (including phenoxy) is 2. The van der Waals surface area contributed by atoms with Crippen molar-refractivity contribution in [3.8, 4) is 0 Å². The Morgan fingerprint density at radius 2 is 2.38 bits per heavy atom. The number of rotatable bonds is 9. The summed E-state index contributed by atoms with van der Waals surface area (Å²) in [5.41, 5.74) is 0. The molecule has 2 rings (SSSR count). The topological polar surface area (TPSA) is 59.0 Å². The van der Waals surface area contributed by atoms with Gasteiger partial charge in [0, 0.05) is 57.2 Å². The number of aryl methyl sites for hydroxylation is 1. The standard InChI is InChI=1S/C17H30N4O2S/c1-4-15-11-20-16(24-15)5-7-19-17(18-2)21-8-6-14(12-21)13-23-10-9-22-3/h11,14H,4-10,12-13H2,1-3H3,(H,18,19). The molecule has 1 N–H and O–H groups in total. The van der Waals surface area contributed by atoms with E-state index in [2.05, 4.69) is 27.1 Å². The molecule has 1 unspecified atom stereocenters. The molecular weight excluding hydrogens is 324 g/mol. The molecule has 1 aromatic heterocycles. The van der Waals surface area contributed by atoms with Crippen LogP contribution in [-0.2, 0) is 22.3 Å². The first-order valence-electron chi connectivity index (χ1n) is 8.72. The van der Waals surface area contributed by atoms with E-state index in [1.165, 1.54) is 9.88 Å². The fourth-order valence-corrected chi connectivity index (χ4v) is 3.66. The number of methoxy groups -OCH3 is 1. The molecule has 1 saturated heterocycles. The van der Waals surface area contributed by atoms with Gasteiger partial charge in [-0.1, -0.05) is 6.92 Å². The van der Waals surface area contributed by atoms with Crippen LogP contribution in [-0.4, -0.2) is 69.5 Å². The van der Waals surface area contributed by atoms with Crippen molar-refractivity contribution in [1.29, 1.82) is 0 Å². The first kappa shape index (κ1) is 19.1. The van der Waals surface area contributed by atoms with Gasteiger partial charge in [0.25, 0.3) is 0 Å². The largest absolute Gasteiger partial charge is 0.382 e. The van der Waals surface area contributed by atoms with E-state index in [0.717, 1.165) is 51.5 Å². The first-order valence-corrected chi connectivity index (χ1v) is 9.54. The lowest BCUT2D eigenvalue weighted by molar-refractivity contribution is 0.0536. The van der Waals surface area contributed by atoms with Crippen LogP contribution in [0.2, 0.25) is 0 Å². The Morgan fingerprint density at radius 1 is 1.50 bits per heavy atom. The van der Waals surface area contributed by atoms with E-state index < -0.39 is 0 Å². The van der Waals surface area contributed by atoms with Gasteiger partial charge < -0.3 is 19.7 Å². The zero-order valence-corrected chi connectivity index (χ0v) is 15.9. The molecule has 0 aliphatic carbocycles. The lowest BCUT2D eigenvalue weighted by Crippen LogP contribution is -2.41. The summed E-state index contributed by atoms with van der Waals surface area (Å²) in [6, 6.07) is 0. The summed E-state index contributed by atoms with van der Waals surface area (Å²) in [5, 5.41) is 4.66. The molecule has 2 heterocycles. The van der Waals surface area contributed by atoms with Crippen LogP contribution in [0, 0.1) is 5.92 Å². The van der Waals surface area contributed by atoms with Crippen molar-refractivity contribution < 1.29 is 9.47 Å². The third kappa shape index (κ3) is 6.03. The van der Waals surface area contributed by atoms with Crippen molar-refractivity contribution in [3.05, 3.63) is 16.1 Å². The molecule has 24 heavy (non-hydrogen) atoms. The number of nitrogens with one attached hydrogen (secondary N) is 1. The van der Waals surface area contributed by atoms with E-state index in [1.54, 1.807) is 18.4 Å². The lowest BCUT2D eigenvalue weighted by Gasteiger charge is -2.21. The molecule has 7 heteroatoms. The predicted octanol–water partition coefficient (Wildman–Crippen LogP) is 1.81. The Morgan fingerprint density at radius 3 is 3.08 bits per heavy atom. The Hall–Kier alpha value is -1.18. The minimum Gasteiger partial charge on any atom is -0.382 e. The monoisotopic (exact) mass is 354 g/mol. The summed E-state index contributed by atoms with van der Waals surface area (Å²) in [6.07, 6.45) is 5.15. The normalized spacial score (nSPS) is 18.4. The van der Waals surface area contributed by atoms with Gasteiger partial charge in [0.1, 0.15) is 0 Å².